The van der Waals surface area contributed by atoms with E-state index < -0.39 is 33.7 Å². The van der Waals surface area contributed by atoms with Crippen LogP contribution in [0.4, 0.5) is 10.5 Å². The number of methoxy groups -OCH3 is 1. The quantitative estimate of drug-likeness (QED) is 0.156. The number of anilines is 1. The van der Waals surface area contributed by atoms with Gasteiger partial charge in [-0.1, -0.05) is 42.2 Å². The lowest BCUT2D eigenvalue weighted by molar-refractivity contribution is -0.142. The molecule has 2 aromatic heterocycles. The maximum atomic E-state index is 14.5. The molecule has 0 aliphatic carbocycles. The minimum atomic E-state index is -4.61. The molecule has 11 nitrogen and oxygen atoms in total. The highest BCUT2D eigenvalue weighted by molar-refractivity contribution is 7.93. The second-order valence-corrected chi connectivity index (χ2v) is 12.5. The Labute approximate surface area is 261 Å². The summed E-state index contributed by atoms with van der Waals surface area (Å²) in [5.41, 5.74) is 0.216. The molecule has 0 spiro atoms. The fourth-order valence-corrected chi connectivity index (χ4v) is 6.03. The first kappa shape index (κ1) is 32.6. The van der Waals surface area contributed by atoms with Crippen molar-refractivity contribution < 1.29 is 37.0 Å². The smallest absolute Gasteiger partial charge is 0.429 e. The summed E-state index contributed by atoms with van der Waals surface area (Å²) < 4.78 is 44.9. The predicted octanol–water partition coefficient (Wildman–Crippen LogP) is 5.32. The highest BCUT2D eigenvalue weighted by Gasteiger charge is 2.38. The van der Waals surface area contributed by atoms with Crippen LogP contribution in [-0.4, -0.2) is 49.1 Å². The van der Waals surface area contributed by atoms with E-state index in [-0.39, 0.29) is 39.5 Å². The molecule has 1 amide bonds. The zero-order chi connectivity index (χ0) is 32.9. The van der Waals surface area contributed by atoms with Gasteiger partial charge in [-0.15, -0.1) is 0 Å². The molecule has 0 radical (unpaired) electrons. The van der Waals surface area contributed by atoms with Gasteiger partial charge in [0.05, 0.1) is 18.3 Å². The second-order valence-electron chi connectivity index (χ2n) is 10.8. The first-order chi connectivity index (χ1) is 21.2. The molecule has 2 aromatic carbocycles. The molecule has 0 unspecified atom stereocenters. The van der Waals surface area contributed by atoms with Gasteiger partial charge in [-0.2, -0.15) is 4.31 Å². The van der Waals surface area contributed by atoms with Gasteiger partial charge in [0.1, 0.15) is 17.1 Å². The molecule has 12 heteroatoms. The van der Waals surface area contributed by atoms with Crippen molar-refractivity contribution >= 4 is 44.6 Å². The number of esters is 2. The third-order valence-corrected chi connectivity index (χ3v) is 8.08. The number of hydrogen-bond acceptors (Lipinski definition) is 10. The Bertz CT molecular complexity index is 1970. The van der Waals surface area contributed by atoms with Crippen LogP contribution in [0.3, 0.4) is 0 Å². The molecule has 4 rings (SSSR count). The average Bonchev–Trinajstić information content (AvgIpc) is 2.98. The monoisotopic (exact) mass is 629 g/mol. The van der Waals surface area contributed by atoms with Gasteiger partial charge in [0.15, 0.2) is 5.69 Å². The number of carbonyl (C=O) groups excluding carboxylic acids is 3. The van der Waals surface area contributed by atoms with E-state index in [9.17, 15) is 22.8 Å². The third-order valence-electron chi connectivity index (χ3n) is 6.22. The molecular formula is C33H31N3O8S. The van der Waals surface area contributed by atoms with Crippen molar-refractivity contribution in [2.24, 2.45) is 0 Å². The molecule has 0 saturated carbocycles. The van der Waals surface area contributed by atoms with Crippen molar-refractivity contribution in [3.63, 3.8) is 0 Å². The van der Waals surface area contributed by atoms with Gasteiger partial charge in [-0.3, -0.25) is 9.78 Å². The van der Waals surface area contributed by atoms with Crippen LogP contribution >= 0.6 is 0 Å². The van der Waals surface area contributed by atoms with E-state index in [1.54, 1.807) is 70.2 Å². The summed E-state index contributed by atoms with van der Waals surface area (Å²) in [6.45, 7) is 7.49. The first-order valence-corrected chi connectivity index (χ1v) is 15.1. The molecule has 0 aliphatic heterocycles. The molecule has 0 aliphatic rings. The van der Waals surface area contributed by atoms with Crippen LogP contribution in [0.25, 0.3) is 10.9 Å². The van der Waals surface area contributed by atoms with E-state index >= 15 is 0 Å². The summed E-state index contributed by atoms with van der Waals surface area (Å²) >= 11 is 0. The van der Waals surface area contributed by atoms with E-state index in [1.165, 1.54) is 38.6 Å². The molecule has 0 fully saturated rings. The van der Waals surface area contributed by atoms with Crippen LogP contribution in [0.1, 0.15) is 60.4 Å². The summed E-state index contributed by atoms with van der Waals surface area (Å²) in [7, 11) is -3.41. The highest BCUT2D eigenvalue weighted by Crippen LogP contribution is 2.33. The van der Waals surface area contributed by atoms with E-state index in [0.717, 1.165) is 0 Å². The number of aryl methyl sites for hydroxylation is 1. The minimum Gasteiger partial charge on any atom is -0.464 e. The summed E-state index contributed by atoms with van der Waals surface area (Å²) in [6, 6.07) is 14.5. The first-order valence-electron chi connectivity index (χ1n) is 13.7. The maximum absolute atomic E-state index is 14.5. The average molecular weight is 630 g/mol. The number of amides is 1. The number of rotatable bonds is 6. The van der Waals surface area contributed by atoms with Gasteiger partial charge in [-0.25, -0.2) is 23.0 Å². The van der Waals surface area contributed by atoms with Gasteiger partial charge >= 0.3 is 18.0 Å². The van der Waals surface area contributed by atoms with Gasteiger partial charge < -0.3 is 14.2 Å². The van der Waals surface area contributed by atoms with Gasteiger partial charge in [0, 0.05) is 41.4 Å². The van der Waals surface area contributed by atoms with E-state index in [2.05, 4.69) is 21.8 Å². The van der Waals surface area contributed by atoms with Crippen LogP contribution in [0, 0.1) is 18.8 Å². The summed E-state index contributed by atoms with van der Waals surface area (Å²) in [6.07, 6.45) is 1.68. The minimum absolute atomic E-state index is 0.0500. The number of nitrogens with zero attached hydrogens (tertiary/aromatic N) is 3. The van der Waals surface area contributed by atoms with Crippen molar-refractivity contribution in [3.05, 3.63) is 94.9 Å². The second kappa shape index (κ2) is 13.2. The normalized spacial score (nSPS) is 11.2. The molecule has 0 bridgehead atoms. The Morgan fingerprint density at radius 2 is 1.71 bits per heavy atom. The summed E-state index contributed by atoms with van der Waals surface area (Å²) in [5.74, 6) is 4.53. The van der Waals surface area contributed by atoms with Crippen molar-refractivity contribution in [2.45, 2.75) is 51.7 Å². The molecule has 0 saturated heterocycles. The number of sulfonamides is 1. The van der Waals surface area contributed by atoms with Crippen molar-refractivity contribution in [1.29, 1.82) is 0 Å². The molecule has 232 valence electrons. The summed E-state index contributed by atoms with van der Waals surface area (Å²) in [5, 5.41) is 0.575. The zero-order valence-electron chi connectivity index (χ0n) is 25.6. The Morgan fingerprint density at radius 1 is 0.978 bits per heavy atom. The van der Waals surface area contributed by atoms with Crippen molar-refractivity contribution in [1.82, 2.24) is 9.97 Å². The number of pyridine rings is 2. The van der Waals surface area contributed by atoms with E-state index in [1.807, 2.05) is 0 Å². The molecule has 0 N–H and O–H groups in total. The fourth-order valence-electron chi connectivity index (χ4n) is 4.31. The van der Waals surface area contributed by atoms with Crippen LogP contribution in [0.2, 0.25) is 0 Å². The Morgan fingerprint density at radius 3 is 2.40 bits per heavy atom. The number of fused-ring (bicyclic) bond motifs is 1. The van der Waals surface area contributed by atoms with Crippen LogP contribution in [0.5, 0.6) is 0 Å². The number of benzene rings is 2. The number of para-hydroxylation sites is 1. The van der Waals surface area contributed by atoms with Crippen LogP contribution in [-0.2, 0) is 35.6 Å². The standard InChI is InChI=1S/C33H31N3O8S/c1-21-13-15-25-11-9-17-34-28(25)30(21)45(40,41)36(32(39)44-33(3,4)5)27-12-8-7-10-24(27)16-14-23-18-26(20-43-22(2)37)29(35-19-23)31(38)42-6/h7-13,15,17-19H,20H2,1-6H3. The maximum Gasteiger partial charge on any atom is 0.429 e. The number of aromatic nitrogens is 2. The lowest BCUT2D eigenvalue weighted by atomic mass is 10.1. The lowest BCUT2D eigenvalue weighted by Gasteiger charge is -2.28. The topological polar surface area (TPSA) is 142 Å². The van der Waals surface area contributed by atoms with Gasteiger partial charge in [0.25, 0.3) is 10.0 Å². The fraction of sp³-hybridized carbons (Fsp3) is 0.242. The number of ether oxygens (including phenoxy) is 3. The van der Waals surface area contributed by atoms with Crippen molar-refractivity contribution in [2.75, 3.05) is 11.4 Å². The Hall–Kier alpha value is -5.28. The van der Waals surface area contributed by atoms with Crippen LogP contribution in [0.15, 0.2) is 71.9 Å². The summed E-state index contributed by atoms with van der Waals surface area (Å²) in [4.78, 5) is 45.6. The molecule has 45 heavy (non-hydrogen) atoms. The highest BCUT2D eigenvalue weighted by atomic mass is 32.2. The number of carbonyl (C=O) groups is 3. The SMILES string of the molecule is COC(=O)c1ncc(C#Cc2ccccc2N(C(=O)OC(C)(C)C)S(=O)(=O)c2c(C)ccc3cccnc23)cc1COC(C)=O. The third kappa shape index (κ3) is 7.45. The van der Waals surface area contributed by atoms with E-state index in [0.29, 0.717) is 20.8 Å². The largest absolute Gasteiger partial charge is 0.464 e. The Balaban J connectivity index is 1.89. The molecule has 0 atom stereocenters. The van der Waals surface area contributed by atoms with Crippen LogP contribution < -0.4 is 4.31 Å². The van der Waals surface area contributed by atoms with Gasteiger partial charge in [-0.05, 0) is 57.5 Å². The van der Waals surface area contributed by atoms with Gasteiger partial charge in [0.2, 0.25) is 0 Å². The van der Waals surface area contributed by atoms with Crippen molar-refractivity contribution in [3.8, 4) is 11.8 Å². The molecule has 4 aromatic rings. The van der Waals surface area contributed by atoms with E-state index in [4.69, 9.17) is 14.2 Å². The molecular weight excluding hydrogens is 598 g/mol. The lowest BCUT2D eigenvalue weighted by Crippen LogP contribution is -2.41. The molecule has 2 heterocycles. The number of hydrogen-bond donors (Lipinski definition) is 0. The Kier molecular flexibility index (Phi) is 9.54. The predicted molar refractivity (Wildman–Crippen MR) is 166 cm³/mol. The zero-order valence-corrected chi connectivity index (χ0v) is 26.4.